The number of ether oxygens (including phenoxy) is 1. The molecule has 1 aliphatic rings. The number of nitrogens with one attached hydrogen (secondary N) is 1. The van der Waals surface area contributed by atoms with Crippen LogP contribution in [0.3, 0.4) is 0 Å². The average Bonchev–Trinajstić information content (AvgIpc) is 2.64. The Morgan fingerprint density at radius 1 is 1.37 bits per heavy atom. The van der Waals surface area contributed by atoms with Crippen LogP contribution in [0.4, 0.5) is 4.39 Å². The molecule has 8 nitrogen and oxygen atoms in total. The Bertz CT molecular complexity index is 601. The van der Waals surface area contributed by atoms with E-state index in [1.54, 1.807) is 4.98 Å². The van der Waals surface area contributed by atoms with Crippen molar-refractivity contribution in [3.8, 4) is 0 Å². The van der Waals surface area contributed by atoms with Crippen LogP contribution in [0.1, 0.15) is 6.23 Å². The number of H-pyrrole nitrogens is 1. The summed E-state index contributed by atoms with van der Waals surface area (Å²) in [6.45, 7) is -0.577. The van der Waals surface area contributed by atoms with Crippen molar-refractivity contribution in [1.29, 1.82) is 0 Å². The molecule has 1 saturated heterocycles. The lowest BCUT2D eigenvalue weighted by Crippen LogP contribution is -2.40. The minimum absolute atomic E-state index is 0.360. The van der Waals surface area contributed by atoms with Crippen molar-refractivity contribution < 1.29 is 24.4 Å². The topological polar surface area (TPSA) is 125 Å². The molecule has 106 valence electrons. The first kappa shape index (κ1) is 14.6. The third-order valence-corrected chi connectivity index (χ3v) is 3.80. The minimum atomic E-state index is -1.53. The van der Waals surface area contributed by atoms with Gasteiger partial charge in [-0.1, -0.05) is 0 Å². The van der Waals surface area contributed by atoms with E-state index in [4.69, 9.17) is 9.84 Å². The van der Waals surface area contributed by atoms with E-state index in [-0.39, 0.29) is 3.70 Å². The number of hydrogen-bond donors (Lipinski definition) is 4. The molecule has 0 unspecified atom stereocenters. The van der Waals surface area contributed by atoms with Crippen LogP contribution < -0.4 is 11.2 Å². The molecule has 4 N–H and O–H groups in total. The van der Waals surface area contributed by atoms with Gasteiger partial charge in [0.05, 0.1) is 6.61 Å². The summed E-state index contributed by atoms with van der Waals surface area (Å²) in [7, 11) is 0. The van der Waals surface area contributed by atoms with Gasteiger partial charge in [0.1, 0.15) is 22.0 Å². The standard InChI is InChI=1S/C9H10FIN2O6/c10-3-6(11)13(9(18)12-7(3)17)8-5(16)4(15)2(1-14)19-8/h2,4-5,8,14-16H,1H2,(H,12,17,18)/t2-,4-,5-,8-/m1/s1. The molecule has 2 rings (SSSR count). The molecule has 1 aromatic rings. The van der Waals surface area contributed by atoms with Gasteiger partial charge >= 0.3 is 5.69 Å². The van der Waals surface area contributed by atoms with E-state index in [2.05, 4.69) is 0 Å². The van der Waals surface area contributed by atoms with E-state index < -0.39 is 48.2 Å². The second kappa shape index (κ2) is 5.28. The zero-order valence-electron chi connectivity index (χ0n) is 9.29. The molecule has 0 aromatic carbocycles. The molecular formula is C9H10FIN2O6. The fourth-order valence-corrected chi connectivity index (χ4v) is 2.56. The second-order valence-corrected chi connectivity index (χ2v) is 4.98. The maximum absolute atomic E-state index is 13.5. The minimum Gasteiger partial charge on any atom is -0.394 e. The van der Waals surface area contributed by atoms with Gasteiger partial charge in [-0.25, -0.2) is 4.79 Å². The number of aromatic amines is 1. The van der Waals surface area contributed by atoms with E-state index >= 15 is 0 Å². The zero-order valence-corrected chi connectivity index (χ0v) is 11.4. The number of nitrogens with zero attached hydrogens (tertiary/aromatic N) is 1. The van der Waals surface area contributed by atoms with Gasteiger partial charge in [-0.15, -0.1) is 0 Å². The lowest BCUT2D eigenvalue weighted by molar-refractivity contribution is -0.0568. The number of hydrogen-bond acceptors (Lipinski definition) is 6. The molecule has 0 amide bonds. The van der Waals surface area contributed by atoms with Crippen molar-refractivity contribution in [2.24, 2.45) is 0 Å². The van der Waals surface area contributed by atoms with Crippen LogP contribution in [0, 0.1) is 9.52 Å². The van der Waals surface area contributed by atoms with Gasteiger partial charge in [-0.3, -0.25) is 14.3 Å². The first-order valence-corrected chi connectivity index (χ1v) is 6.28. The van der Waals surface area contributed by atoms with Gasteiger partial charge in [0.25, 0.3) is 5.56 Å². The highest BCUT2D eigenvalue weighted by atomic mass is 127. The van der Waals surface area contributed by atoms with Gasteiger partial charge in [0.15, 0.2) is 6.23 Å². The summed E-state index contributed by atoms with van der Waals surface area (Å²) in [5.41, 5.74) is -2.16. The van der Waals surface area contributed by atoms with Crippen LogP contribution in [-0.2, 0) is 4.74 Å². The molecule has 19 heavy (non-hydrogen) atoms. The normalized spacial score (nSPS) is 30.8. The fraction of sp³-hybridized carbons (Fsp3) is 0.556. The average molecular weight is 388 g/mol. The number of rotatable bonds is 2. The SMILES string of the molecule is O=c1[nH]c(=O)n([C@@H]2O[C@H](CO)[C@@H](O)[C@H]2O)c(I)c1F. The largest absolute Gasteiger partial charge is 0.394 e. The van der Waals surface area contributed by atoms with Crippen molar-refractivity contribution in [3.05, 3.63) is 30.4 Å². The third-order valence-electron chi connectivity index (χ3n) is 2.80. The van der Waals surface area contributed by atoms with Crippen molar-refractivity contribution in [3.63, 3.8) is 0 Å². The predicted octanol–water partition coefficient (Wildman–Crippen LogP) is -2.11. The molecule has 1 aromatic heterocycles. The van der Waals surface area contributed by atoms with Gasteiger partial charge in [0, 0.05) is 0 Å². The quantitative estimate of drug-likeness (QED) is 0.340. The molecule has 0 spiro atoms. The summed E-state index contributed by atoms with van der Waals surface area (Å²) in [5, 5.41) is 28.3. The molecule has 10 heteroatoms. The molecule has 1 fully saturated rings. The lowest BCUT2D eigenvalue weighted by atomic mass is 10.1. The Labute approximate surface area is 118 Å². The molecule has 0 radical (unpaired) electrons. The highest BCUT2D eigenvalue weighted by Gasteiger charge is 2.44. The molecule has 1 aliphatic heterocycles. The first-order chi connectivity index (χ1) is 8.88. The lowest BCUT2D eigenvalue weighted by Gasteiger charge is -2.18. The molecule has 4 atom stereocenters. The molecule has 0 aliphatic carbocycles. The van der Waals surface area contributed by atoms with Crippen LogP contribution in [-0.4, -0.2) is 49.8 Å². The predicted molar refractivity (Wildman–Crippen MR) is 67.0 cm³/mol. The number of halogens is 2. The summed E-state index contributed by atoms with van der Waals surface area (Å²) in [6.07, 6.45) is -5.45. The summed E-state index contributed by atoms with van der Waals surface area (Å²) >= 11 is 1.41. The Morgan fingerprint density at radius 2 is 2.00 bits per heavy atom. The smallest absolute Gasteiger partial charge is 0.331 e. The molecule has 0 bridgehead atoms. The Hall–Kier alpha value is -0.820. The summed E-state index contributed by atoms with van der Waals surface area (Å²) in [5.74, 6) is -1.20. The van der Waals surface area contributed by atoms with E-state index in [9.17, 15) is 24.2 Å². The summed E-state index contributed by atoms with van der Waals surface area (Å²) in [4.78, 5) is 24.4. The van der Waals surface area contributed by atoms with Crippen molar-refractivity contribution in [2.75, 3.05) is 6.61 Å². The van der Waals surface area contributed by atoms with E-state index in [1.807, 2.05) is 0 Å². The van der Waals surface area contributed by atoms with Crippen molar-refractivity contribution in [1.82, 2.24) is 9.55 Å². The maximum atomic E-state index is 13.5. The van der Waals surface area contributed by atoms with Crippen LogP contribution in [0.15, 0.2) is 9.59 Å². The third kappa shape index (κ3) is 2.33. The van der Waals surface area contributed by atoms with E-state index in [0.717, 1.165) is 0 Å². The van der Waals surface area contributed by atoms with Crippen molar-refractivity contribution in [2.45, 2.75) is 24.5 Å². The van der Waals surface area contributed by atoms with Crippen molar-refractivity contribution >= 4 is 22.6 Å². The molecule has 0 saturated carbocycles. The zero-order chi connectivity index (χ0) is 14.3. The van der Waals surface area contributed by atoms with Gasteiger partial charge < -0.3 is 20.1 Å². The number of aliphatic hydroxyl groups excluding tert-OH is 3. The molecular weight excluding hydrogens is 378 g/mol. The fourth-order valence-electron chi connectivity index (χ4n) is 1.82. The van der Waals surface area contributed by atoms with Crippen LogP contribution in [0.25, 0.3) is 0 Å². The monoisotopic (exact) mass is 388 g/mol. The van der Waals surface area contributed by atoms with E-state index in [0.29, 0.717) is 4.57 Å². The Morgan fingerprint density at radius 3 is 2.53 bits per heavy atom. The van der Waals surface area contributed by atoms with Gasteiger partial charge in [-0.05, 0) is 22.6 Å². The second-order valence-electron chi connectivity index (χ2n) is 3.96. The number of aliphatic hydroxyl groups is 3. The van der Waals surface area contributed by atoms with Crippen LogP contribution in [0.2, 0.25) is 0 Å². The van der Waals surface area contributed by atoms with Crippen LogP contribution in [0.5, 0.6) is 0 Å². The highest BCUT2D eigenvalue weighted by Crippen LogP contribution is 2.29. The Balaban J connectivity index is 2.52. The summed E-state index contributed by atoms with van der Waals surface area (Å²) < 4.78 is 18.9. The highest BCUT2D eigenvalue weighted by molar-refractivity contribution is 14.1. The first-order valence-electron chi connectivity index (χ1n) is 5.20. The maximum Gasteiger partial charge on any atom is 0.331 e. The van der Waals surface area contributed by atoms with Gasteiger partial charge in [0.2, 0.25) is 5.82 Å². The van der Waals surface area contributed by atoms with E-state index in [1.165, 1.54) is 22.6 Å². The summed E-state index contributed by atoms with van der Waals surface area (Å²) in [6, 6.07) is 0. The van der Waals surface area contributed by atoms with Crippen LogP contribution >= 0.6 is 22.6 Å². The Kier molecular flexibility index (Phi) is 4.06. The number of aromatic nitrogens is 2. The molecule has 2 heterocycles. The van der Waals surface area contributed by atoms with Gasteiger partial charge in [-0.2, -0.15) is 4.39 Å².